The van der Waals surface area contributed by atoms with Crippen molar-refractivity contribution >= 4 is 22.0 Å². The third kappa shape index (κ3) is 2.75. The Labute approximate surface area is 99.4 Å². The second kappa shape index (κ2) is 5.01. The Morgan fingerprint density at radius 2 is 2.06 bits per heavy atom. The van der Waals surface area contributed by atoms with Crippen molar-refractivity contribution in [2.75, 3.05) is 20.2 Å². The molecule has 1 rings (SSSR count). The predicted octanol–water partition coefficient (Wildman–Crippen LogP) is -0.716. The Kier molecular flexibility index (Phi) is 4.10. The molecule has 1 N–H and O–H groups in total. The minimum absolute atomic E-state index is 0.0843. The fourth-order valence-corrected chi connectivity index (χ4v) is 3.21. The molecule has 0 aromatic heterocycles. The summed E-state index contributed by atoms with van der Waals surface area (Å²) < 4.78 is 29.3. The number of hydrogen-bond acceptors (Lipinski definition) is 5. The van der Waals surface area contributed by atoms with Crippen LogP contribution in [0.15, 0.2) is 0 Å². The topological polar surface area (TPSA) is 101 Å². The molecule has 0 spiro atoms. The van der Waals surface area contributed by atoms with Crippen LogP contribution in [-0.2, 0) is 24.3 Å². The molecule has 17 heavy (non-hydrogen) atoms. The number of ether oxygens (including phenoxy) is 1. The number of carbonyl (C=O) groups is 2. The lowest BCUT2D eigenvalue weighted by Crippen LogP contribution is -2.40. The summed E-state index contributed by atoms with van der Waals surface area (Å²) in [7, 11) is -2.71. The summed E-state index contributed by atoms with van der Waals surface area (Å²) >= 11 is 0. The molecule has 1 aliphatic rings. The Balaban J connectivity index is 2.80. The summed E-state index contributed by atoms with van der Waals surface area (Å²) in [5.74, 6) is -2.56. The van der Waals surface area contributed by atoms with Crippen LogP contribution in [0.3, 0.4) is 0 Å². The number of carboxylic acids is 1. The van der Waals surface area contributed by atoms with Crippen molar-refractivity contribution < 1.29 is 27.9 Å². The van der Waals surface area contributed by atoms with Gasteiger partial charge in [-0.05, 0) is 13.3 Å². The molecular formula is C9H15NO6S. The Hall–Kier alpha value is -1.15. The molecule has 0 saturated carbocycles. The molecule has 0 amide bonds. The number of esters is 1. The van der Waals surface area contributed by atoms with Gasteiger partial charge in [-0.2, -0.15) is 0 Å². The SMILES string of the molecule is COC(=O)C(C)S(=O)(=O)N1CCC(C(=O)O)C1. The minimum atomic E-state index is -3.82. The number of sulfonamides is 1. The van der Waals surface area contributed by atoms with Crippen LogP contribution in [0.4, 0.5) is 0 Å². The van der Waals surface area contributed by atoms with Crippen molar-refractivity contribution in [1.29, 1.82) is 0 Å². The summed E-state index contributed by atoms with van der Waals surface area (Å²) in [6, 6.07) is 0. The van der Waals surface area contributed by atoms with Crippen LogP contribution >= 0.6 is 0 Å². The standard InChI is InChI=1S/C9H15NO6S/c1-6(9(13)16-2)17(14,15)10-4-3-7(5-10)8(11)12/h6-7H,3-5H2,1-2H3,(H,11,12). The van der Waals surface area contributed by atoms with Crippen molar-refractivity contribution in [3.63, 3.8) is 0 Å². The van der Waals surface area contributed by atoms with Gasteiger partial charge in [-0.1, -0.05) is 0 Å². The highest BCUT2D eigenvalue weighted by atomic mass is 32.2. The van der Waals surface area contributed by atoms with Gasteiger partial charge < -0.3 is 9.84 Å². The largest absolute Gasteiger partial charge is 0.481 e. The number of methoxy groups -OCH3 is 1. The number of carbonyl (C=O) groups excluding carboxylic acids is 1. The fourth-order valence-electron chi connectivity index (χ4n) is 1.67. The number of aliphatic carboxylic acids is 1. The highest BCUT2D eigenvalue weighted by molar-refractivity contribution is 7.90. The van der Waals surface area contributed by atoms with E-state index < -0.39 is 33.1 Å². The monoisotopic (exact) mass is 265 g/mol. The van der Waals surface area contributed by atoms with Gasteiger partial charge in [-0.3, -0.25) is 9.59 Å². The second-order valence-electron chi connectivity index (χ2n) is 3.89. The number of nitrogens with zero attached hydrogens (tertiary/aromatic N) is 1. The summed E-state index contributed by atoms with van der Waals surface area (Å²) in [4.78, 5) is 21.9. The van der Waals surface area contributed by atoms with Crippen molar-refractivity contribution in [3.05, 3.63) is 0 Å². The summed E-state index contributed by atoms with van der Waals surface area (Å²) in [5, 5.41) is 7.47. The normalized spacial score (nSPS) is 23.3. The maximum atomic E-state index is 11.9. The van der Waals surface area contributed by atoms with E-state index >= 15 is 0 Å². The first kappa shape index (κ1) is 13.9. The van der Waals surface area contributed by atoms with Crippen molar-refractivity contribution in [2.24, 2.45) is 5.92 Å². The zero-order valence-corrected chi connectivity index (χ0v) is 10.4. The van der Waals surface area contributed by atoms with Gasteiger partial charge in [-0.25, -0.2) is 12.7 Å². The maximum Gasteiger partial charge on any atom is 0.325 e. The molecule has 1 heterocycles. The van der Waals surface area contributed by atoms with E-state index in [0.717, 1.165) is 11.4 Å². The van der Waals surface area contributed by atoms with Gasteiger partial charge >= 0.3 is 11.9 Å². The molecule has 8 heteroatoms. The molecule has 0 aromatic carbocycles. The van der Waals surface area contributed by atoms with E-state index in [0.29, 0.717) is 0 Å². The molecule has 7 nitrogen and oxygen atoms in total. The lowest BCUT2D eigenvalue weighted by molar-refractivity contribution is -0.141. The molecule has 0 aliphatic carbocycles. The van der Waals surface area contributed by atoms with Crippen LogP contribution in [0.1, 0.15) is 13.3 Å². The van der Waals surface area contributed by atoms with Crippen LogP contribution in [0.5, 0.6) is 0 Å². The van der Waals surface area contributed by atoms with Gasteiger partial charge in [0.05, 0.1) is 13.0 Å². The van der Waals surface area contributed by atoms with Crippen molar-refractivity contribution in [1.82, 2.24) is 4.31 Å². The average molecular weight is 265 g/mol. The summed E-state index contributed by atoms with van der Waals surface area (Å²) in [6.45, 7) is 1.27. The Bertz CT molecular complexity index is 417. The maximum absolute atomic E-state index is 11.9. The van der Waals surface area contributed by atoms with Crippen LogP contribution in [-0.4, -0.2) is 55.2 Å². The van der Waals surface area contributed by atoms with E-state index in [1.54, 1.807) is 0 Å². The summed E-state index contributed by atoms with van der Waals surface area (Å²) in [6.07, 6.45) is 0.266. The molecule has 2 unspecified atom stereocenters. The molecule has 0 bridgehead atoms. The number of carboxylic acid groups (broad SMARTS) is 1. The van der Waals surface area contributed by atoms with Crippen LogP contribution in [0, 0.1) is 5.92 Å². The predicted molar refractivity (Wildman–Crippen MR) is 57.7 cm³/mol. The van der Waals surface area contributed by atoms with Gasteiger partial charge in [0, 0.05) is 13.1 Å². The van der Waals surface area contributed by atoms with E-state index in [1.165, 1.54) is 6.92 Å². The third-order valence-corrected chi connectivity index (χ3v) is 4.98. The molecule has 0 aromatic rings. The molecule has 1 fully saturated rings. The van der Waals surface area contributed by atoms with E-state index in [9.17, 15) is 18.0 Å². The highest BCUT2D eigenvalue weighted by Gasteiger charge is 2.40. The van der Waals surface area contributed by atoms with Gasteiger partial charge in [0.15, 0.2) is 5.25 Å². The highest BCUT2D eigenvalue weighted by Crippen LogP contribution is 2.22. The molecule has 1 aliphatic heterocycles. The van der Waals surface area contributed by atoms with E-state index in [4.69, 9.17) is 5.11 Å². The number of hydrogen-bond donors (Lipinski definition) is 1. The molecular weight excluding hydrogens is 250 g/mol. The van der Waals surface area contributed by atoms with Crippen molar-refractivity contribution in [2.45, 2.75) is 18.6 Å². The van der Waals surface area contributed by atoms with Crippen LogP contribution in [0.2, 0.25) is 0 Å². The van der Waals surface area contributed by atoms with Gasteiger partial charge in [0.1, 0.15) is 0 Å². The van der Waals surface area contributed by atoms with E-state index in [-0.39, 0.29) is 19.5 Å². The average Bonchev–Trinajstić information content (AvgIpc) is 2.76. The Morgan fingerprint density at radius 1 is 1.47 bits per heavy atom. The van der Waals surface area contributed by atoms with Crippen LogP contribution in [0.25, 0.3) is 0 Å². The van der Waals surface area contributed by atoms with Gasteiger partial charge in [-0.15, -0.1) is 0 Å². The molecule has 1 saturated heterocycles. The zero-order chi connectivity index (χ0) is 13.2. The molecule has 2 atom stereocenters. The quantitative estimate of drug-likeness (QED) is 0.673. The lowest BCUT2D eigenvalue weighted by Gasteiger charge is -2.19. The van der Waals surface area contributed by atoms with E-state index in [2.05, 4.69) is 4.74 Å². The van der Waals surface area contributed by atoms with Gasteiger partial charge in [0.25, 0.3) is 0 Å². The lowest BCUT2D eigenvalue weighted by atomic mass is 10.1. The minimum Gasteiger partial charge on any atom is -0.481 e. The first-order valence-electron chi connectivity index (χ1n) is 5.10. The summed E-state index contributed by atoms with van der Waals surface area (Å²) in [5.41, 5.74) is 0. The third-order valence-electron chi connectivity index (χ3n) is 2.84. The Morgan fingerprint density at radius 3 is 2.47 bits per heavy atom. The smallest absolute Gasteiger partial charge is 0.325 e. The van der Waals surface area contributed by atoms with Crippen LogP contribution < -0.4 is 0 Å². The fraction of sp³-hybridized carbons (Fsp3) is 0.778. The second-order valence-corrected chi connectivity index (χ2v) is 6.15. The van der Waals surface area contributed by atoms with Gasteiger partial charge in [0.2, 0.25) is 10.0 Å². The molecule has 0 radical (unpaired) electrons. The number of rotatable bonds is 4. The zero-order valence-electron chi connectivity index (χ0n) is 9.62. The first-order valence-corrected chi connectivity index (χ1v) is 6.60. The molecule has 98 valence electrons. The van der Waals surface area contributed by atoms with E-state index in [1.807, 2.05) is 0 Å². The van der Waals surface area contributed by atoms with Crippen molar-refractivity contribution in [3.8, 4) is 0 Å². The first-order chi connectivity index (χ1) is 7.80.